The molecule has 0 N–H and O–H groups in total. The molecule has 1 aliphatic rings. The highest BCUT2D eigenvalue weighted by molar-refractivity contribution is 9.08. The highest BCUT2D eigenvalue weighted by Crippen LogP contribution is 2.32. The first kappa shape index (κ1) is 11.2. The van der Waals surface area contributed by atoms with E-state index in [1.807, 2.05) is 30.3 Å². The van der Waals surface area contributed by atoms with Crippen LogP contribution in [0.25, 0.3) is 0 Å². The summed E-state index contributed by atoms with van der Waals surface area (Å²) in [5.41, 5.74) is 2.10. The predicted octanol–water partition coefficient (Wildman–Crippen LogP) is 2.58. The van der Waals surface area contributed by atoms with Crippen molar-refractivity contribution >= 4 is 21.6 Å². The Hall–Kier alpha value is -1.30. The molecule has 0 radical (unpaired) electrons. The van der Waals surface area contributed by atoms with Crippen LogP contribution in [0.2, 0.25) is 0 Å². The molecule has 16 heavy (non-hydrogen) atoms. The van der Waals surface area contributed by atoms with Crippen LogP contribution in [0.1, 0.15) is 5.56 Å². The molecule has 1 aromatic carbocycles. The SMILES string of the molecule is COc1cccc(N2CN(C)N=N2)c1CBr. The quantitative estimate of drug-likeness (QED) is 0.801. The number of nitrogens with zero attached hydrogens (tertiary/aromatic N) is 4. The topological polar surface area (TPSA) is 40.4 Å². The second-order valence-electron chi connectivity index (χ2n) is 3.47. The summed E-state index contributed by atoms with van der Waals surface area (Å²) in [5, 5.41) is 12.4. The molecule has 1 aliphatic heterocycles. The van der Waals surface area contributed by atoms with E-state index < -0.39 is 0 Å². The number of alkyl halides is 1. The fraction of sp³-hybridized carbons (Fsp3) is 0.400. The minimum atomic E-state index is 0.660. The van der Waals surface area contributed by atoms with E-state index in [2.05, 4.69) is 26.4 Å². The van der Waals surface area contributed by atoms with Crippen molar-refractivity contribution in [3.63, 3.8) is 0 Å². The van der Waals surface area contributed by atoms with Crippen LogP contribution in [0.5, 0.6) is 5.75 Å². The molecule has 0 saturated heterocycles. The summed E-state index contributed by atoms with van der Waals surface area (Å²) in [4.78, 5) is 0. The lowest BCUT2D eigenvalue weighted by molar-refractivity contribution is 0.389. The number of hydrogen-bond donors (Lipinski definition) is 0. The first-order chi connectivity index (χ1) is 7.76. The average Bonchev–Trinajstić information content (AvgIpc) is 2.74. The van der Waals surface area contributed by atoms with E-state index in [0.29, 0.717) is 6.67 Å². The Balaban J connectivity index is 2.37. The van der Waals surface area contributed by atoms with Crippen molar-refractivity contribution in [2.75, 3.05) is 25.8 Å². The van der Waals surface area contributed by atoms with Crippen LogP contribution in [-0.2, 0) is 5.33 Å². The Morgan fingerprint density at radius 2 is 2.25 bits per heavy atom. The molecule has 86 valence electrons. The van der Waals surface area contributed by atoms with Crippen LogP contribution in [0.3, 0.4) is 0 Å². The van der Waals surface area contributed by atoms with Gasteiger partial charge in [0.2, 0.25) is 0 Å². The van der Waals surface area contributed by atoms with E-state index in [0.717, 1.165) is 22.3 Å². The zero-order valence-electron chi connectivity index (χ0n) is 9.22. The maximum absolute atomic E-state index is 5.32. The van der Waals surface area contributed by atoms with E-state index in [1.165, 1.54) is 0 Å². The normalized spacial score (nSPS) is 14.7. The minimum Gasteiger partial charge on any atom is -0.496 e. The first-order valence-electron chi connectivity index (χ1n) is 4.88. The largest absolute Gasteiger partial charge is 0.496 e. The summed E-state index contributed by atoms with van der Waals surface area (Å²) >= 11 is 3.47. The van der Waals surface area contributed by atoms with Gasteiger partial charge in [0, 0.05) is 17.9 Å². The van der Waals surface area contributed by atoms with Crippen LogP contribution in [0.15, 0.2) is 28.6 Å². The van der Waals surface area contributed by atoms with Gasteiger partial charge in [-0.25, -0.2) is 5.01 Å². The number of ether oxygens (including phenoxy) is 1. The fourth-order valence-corrected chi connectivity index (χ4v) is 2.18. The minimum absolute atomic E-state index is 0.660. The average molecular weight is 285 g/mol. The van der Waals surface area contributed by atoms with Crippen molar-refractivity contribution in [1.82, 2.24) is 5.01 Å². The van der Waals surface area contributed by atoms with Gasteiger partial charge < -0.3 is 4.74 Å². The highest BCUT2D eigenvalue weighted by atomic mass is 79.9. The van der Waals surface area contributed by atoms with Gasteiger partial charge in [-0.3, -0.25) is 5.01 Å². The predicted molar refractivity (Wildman–Crippen MR) is 65.6 cm³/mol. The molecule has 0 aromatic heterocycles. The molecule has 1 heterocycles. The molecule has 6 heteroatoms. The Morgan fingerprint density at radius 3 is 2.81 bits per heavy atom. The molecular formula is C10H13BrN4O. The molecule has 5 nitrogen and oxygen atoms in total. The molecule has 0 bridgehead atoms. The standard InChI is InChI=1S/C10H13BrN4O/c1-14-7-15(13-12-14)9-4-3-5-10(16-2)8(9)6-11/h3-5H,6-7H2,1-2H3. The van der Waals surface area contributed by atoms with Gasteiger partial charge in [0.25, 0.3) is 0 Å². The number of methoxy groups -OCH3 is 1. The van der Waals surface area contributed by atoms with E-state index in [-0.39, 0.29) is 0 Å². The van der Waals surface area contributed by atoms with Crippen LogP contribution in [-0.4, -0.2) is 25.8 Å². The van der Waals surface area contributed by atoms with Gasteiger partial charge in [-0.15, -0.1) is 0 Å². The molecular weight excluding hydrogens is 272 g/mol. The second kappa shape index (κ2) is 4.69. The first-order valence-corrected chi connectivity index (χ1v) is 6.00. The van der Waals surface area contributed by atoms with Crippen molar-refractivity contribution < 1.29 is 4.74 Å². The molecule has 1 aromatic rings. The monoisotopic (exact) mass is 284 g/mol. The summed E-state index contributed by atoms with van der Waals surface area (Å²) in [6.07, 6.45) is 0. The maximum atomic E-state index is 5.32. The van der Waals surface area contributed by atoms with Gasteiger partial charge in [0.1, 0.15) is 12.4 Å². The van der Waals surface area contributed by atoms with E-state index >= 15 is 0 Å². The van der Waals surface area contributed by atoms with Crippen molar-refractivity contribution in [3.05, 3.63) is 23.8 Å². The van der Waals surface area contributed by atoms with Gasteiger partial charge >= 0.3 is 0 Å². The second-order valence-corrected chi connectivity index (χ2v) is 4.03. The van der Waals surface area contributed by atoms with Gasteiger partial charge in [-0.2, -0.15) is 0 Å². The lowest BCUT2D eigenvalue weighted by Crippen LogP contribution is -2.22. The van der Waals surface area contributed by atoms with Crippen LogP contribution in [0, 0.1) is 0 Å². The summed E-state index contributed by atoms with van der Waals surface area (Å²) < 4.78 is 5.32. The highest BCUT2D eigenvalue weighted by Gasteiger charge is 2.18. The third-order valence-corrected chi connectivity index (χ3v) is 2.94. The summed E-state index contributed by atoms with van der Waals surface area (Å²) in [6, 6.07) is 5.91. The van der Waals surface area contributed by atoms with Gasteiger partial charge in [0.05, 0.1) is 12.8 Å². The van der Waals surface area contributed by atoms with Gasteiger partial charge in [-0.05, 0) is 17.4 Å². The lowest BCUT2D eigenvalue weighted by Gasteiger charge is -2.18. The van der Waals surface area contributed by atoms with Crippen LogP contribution in [0.4, 0.5) is 5.69 Å². The molecule has 0 fully saturated rings. The summed E-state index contributed by atoms with van der Waals surface area (Å²) in [5.74, 6) is 0.860. The van der Waals surface area contributed by atoms with Crippen LogP contribution >= 0.6 is 15.9 Å². The number of hydrogen-bond acceptors (Lipinski definition) is 5. The Kier molecular flexibility index (Phi) is 3.28. The lowest BCUT2D eigenvalue weighted by atomic mass is 10.2. The van der Waals surface area contributed by atoms with Crippen LogP contribution < -0.4 is 9.75 Å². The maximum Gasteiger partial charge on any atom is 0.132 e. The molecule has 2 rings (SSSR count). The van der Waals surface area contributed by atoms with Gasteiger partial charge in [0.15, 0.2) is 0 Å². The molecule has 0 atom stereocenters. The van der Waals surface area contributed by atoms with E-state index in [1.54, 1.807) is 12.1 Å². The number of rotatable bonds is 3. The van der Waals surface area contributed by atoms with Crippen molar-refractivity contribution in [2.45, 2.75) is 5.33 Å². The Bertz CT molecular complexity index is 410. The smallest absolute Gasteiger partial charge is 0.132 e. The van der Waals surface area contributed by atoms with E-state index in [4.69, 9.17) is 4.74 Å². The summed E-state index contributed by atoms with van der Waals surface area (Å²) in [6.45, 7) is 0.660. The van der Waals surface area contributed by atoms with E-state index in [9.17, 15) is 0 Å². The van der Waals surface area contributed by atoms with Crippen molar-refractivity contribution in [1.29, 1.82) is 0 Å². The third kappa shape index (κ3) is 1.97. The van der Waals surface area contributed by atoms with Crippen molar-refractivity contribution in [2.24, 2.45) is 10.4 Å². The third-order valence-electron chi connectivity index (χ3n) is 2.38. The zero-order valence-corrected chi connectivity index (χ0v) is 10.8. The Morgan fingerprint density at radius 1 is 1.44 bits per heavy atom. The van der Waals surface area contributed by atoms with Gasteiger partial charge in [-0.1, -0.05) is 27.2 Å². The number of benzene rings is 1. The summed E-state index contributed by atoms with van der Waals surface area (Å²) in [7, 11) is 3.56. The van der Waals surface area contributed by atoms with Crippen molar-refractivity contribution in [3.8, 4) is 5.75 Å². The molecule has 0 unspecified atom stereocenters. The number of anilines is 1. The Labute approximate surface area is 103 Å². The molecule has 0 saturated carbocycles. The fourth-order valence-electron chi connectivity index (χ4n) is 1.61. The zero-order chi connectivity index (χ0) is 11.5. The number of halogens is 1. The molecule has 0 spiro atoms. The molecule has 0 amide bonds. The molecule has 0 aliphatic carbocycles.